The monoisotopic (exact) mass is 249 g/mol. The van der Waals surface area contributed by atoms with E-state index >= 15 is 0 Å². The molecule has 0 heterocycles. The molecule has 0 aromatic heterocycles. The number of benzene rings is 1. The Morgan fingerprint density at radius 2 is 1.89 bits per heavy atom. The second kappa shape index (κ2) is 5.53. The van der Waals surface area contributed by atoms with Crippen LogP contribution in [0, 0.1) is 12.8 Å². The molecule has 0 aliphatic carbocycles. The lowest BCUT2D eigenvalue weighted by atomic mass is 10.0. The molecule has 1 rings (SSSR count). The molecule has 0 saturated heterocycles. The summed E-state index contributed by atoms with van der Waals surface area (Å²) < 4.78 is 0. The van der Waals surface area contributed by atoms with E-state index in [2.05, 4.69) is 5.32 Å². The van der Waals surface area contributed by atoms with Crippen LogP contribution in [0.15, 0.2) is 18.2 Å². The molecule has 1 aromatic rings. The van der Waals surface area contributed by atoms with Crippen molar-refractivity contribution in [2.24, 2.45) is 11.7 Å². The van der Waals surface area contributed by atoms with E-state index in [0.29, 0.717) is 16.8 Å². The minimum atomic E-state index is -0.682. The lowest BCUT2D eigenvalue weighted by molar-refractivity contribution is -0.120. The van der Waals surface area contributed by atoms with Crippen molar-refractivity contribution in [3.63, 3.8) is 0 Å². The van der Waals surface area contributed by atoms with E-state index in [1.165, 1.54) is 0 Å². The van der Waals surface area contributed by atoms with Gasteiger partial charge < -0.3 is 16.8 Å². The van der Waals surface area contributed by atoms with Crippen molar-refractivity contribution in [3.05, 3.63) is 29.3 Å². The Balaban J connectivity index is 2.94. The average molecular weight is 249 g/mol. The number of carbonyl (C=O) groups excluding carboxylic acids is 2. The Labute approximate surface area is 107 Å². The summed E-state index contributed by atoms with van der Waals surface area (Å²) in [6.07, 6.45) is 0. The number of rotatable bonds is 4. The first-order valence-electron chi connectivity index (χ1n) is 5.79. The Hall–Kier alpha value is -2.04. The fourth-order valence-electron chi connectivity index (χ4n) is 1.68. The van der Waals surface area contributed by atoms with Gasteiger partial charge in [-0.2, -0.15) is 0 Å². The van der Waals surface area contributed by atoms with E-state index in [1.54, 1.807) is 25.1 Å². The number of nitrogens with two attached hydrogens (primary N) is 2. The smallest absolute Gasteiger partial charge is 0.252 e. The first-order chi connectivity index (χ1) is 8.34. The van der Waals surface area contributed by atoms with Crippen LogP contribution in [0.4, 0.5) is 5.69 Å². The third kappa shape index (κ3) is 3.00. The summed E-state index contributed by atoms with van der Waals surface area (Å²) in [5.74, 6) is -0.940. The van der Waals surface area contributed by atoms with E-state index in [9.17, 15) is 9.59 Å². The lowest BCUT2D eigenvalue weighted by Gasteiger charge is -2.19. The summed E-state index contributed by atoms with van der Waals surface area (Å²) in [5, 5.41) is 2.63. The number of hydrogen-bond donors (Lipinski definition) is 3. The van der Waals surface area contributed by atoms with Crippen molar-refractivity contribution in [3.8, 4) is 0 Å². The molecule has 5 N–H and O–H groups in total. The van der Waals surface area contributed by atoms with Gasteiger partial charge in [-0.05, 0) is 30.5 Å². The summed E-state index contributed by atoms with van der Waals surface area (Å²) in [5.41, 5.74) is 12.7. The van der Waals surface area contributed by atoms with Gasteiger partial charge in [0, 0.05) is 11.3 Å². The molecule has 5 heteroatoms. The highest BCUT2D eigenvalue weighted by Crippen LogP contribution is 2.15. The van der Waals surface area contributed by atoms with Crippen molar-refractivity contribution < 1.29 is 9.59 Å². The molecule has 18 heavy (non-hydrogen) atoms. The summed E-state index contributed by atoms with van der Waals surface area (Å²) in [6, 6.07) is 4.41. The summed E-state index contributed by atoms with van der Waals surface area (Å²) in [7, 11) is 0. The summed E-state index contributed by atoms with van der Waals surface area (Å²) in [6.45, 7) is 5.41. The second-order valence-electron chi connectivity index (χ2n) is 4.62. The predicted octanol–water partition coefficient (Wildman–Crippen LogP) is 0.817. The molecule has 0 aliphatic rings. The van der Waals surface area contributed by atoms with Gasteiger partial charge >= 0.3 is 0 Å². The number of amides is 2. The molecule has 0 fully saturated rings. The number of nitrogens with one attached hydrogen (secondary N) is 1. The van der Waals surface area contributed by atoms with Gasteiger partial charge in [-0.3, -0.25) is 9.59 Å². The molecule has 0 radical (unpaired) electrons. The fraction of sp³-hybridized carbons (Fsp3) is 0.385. The van der Waals surface area contributed by atoms with Crippen LogP contribution >= 0.6 is 0 Å². The topological polar surface area (TPSA) is 98.2 Å². The SMILES string of the molecule is Cc1c(N)cccc1C(=O)NC(C(N)=O)C(C)C. The maximum absolute atomic E-state index is 12.1. The van der Waals surface area contributed by atoms with E-state index < -0.39 is 11.9 Å². The first kappa shape index (κ1) is 14.0. The van der Waals surface area contributed by atoms with Crippen LogP contribution in [-0.4, -0.2) is 17.9 Å². The molecule has 2 amide bonds. The Morgan fingerprint density at radius 3 is 2.39 bits per heavy atom. The van der Waals surface area contributed by atoms with Gasteiger partial charge in [0.05, 0.1) is 0 Å². The minimum absolute atomic E-state index is 0.0622. The predicted molar refractivity (Wildman–Crippen MR) is 70.9 cm³/mol. The minimum Gasteiger partial charge on any atom is -0.398 e. The number of carbonyl (C=O) groups is 2. The van der Waals surface area contributed by atoms with Crippen LogP contribution in [0.2, 0.25) is 0 Å². The van der Waals surface area contributed by atoms with Gasteiger partial charge in [0.2, 0.25) is 5.91 Å². The van der Waals surface area contributed by atoms with Gasteiger partial charge in [-0.25, -0.2) is 0 Å². The summed E-state index contributed by atoms with van der Waals surface area (Å²) in [4.78, 5) is 23.3. The zero-order valence-corrected chi connectivity index (χ0v) is 10.9. The number of nitrogen functional groups attached to an aromatic ring is 1. The molecule has 5 nitrogen and oxygen atoms in total. The second-order valence-corrected chi connectivity index (χ2v) is 4.62. The molecule has 1 atom stereocenters. The van der Waals surface area contributed by atoms with Crippen LogP contribution in [0.25, 0.3) is 0 Å². The van der Waals surface area contributed by atoms with Crippen molar-refractivity contribution in [2.75, 3.05) is 5.73 Å². The third-order valence-electron chi connectivity index (χ3n) is 2.88. The number of anilines is 1. The number of hydrogen-bond acceptors (Lipinski definition) is 3. The van der Waals surface area contributed by atoms with Gasteiger partial charge in [0.25, 0.3) is 5.91 Å². The average Bonchev–Trinajstić information content (AvgIpc) is 2.28. The van der Waals surface area contributed by atoms with E-state index in [4.69, 9.17) is 11.5 Å². The molecule has 1 aromatic carbocycles. The van der Waals surface area contributed by atoms with Crippen LogP contribution < -0.4 is 16.8 Å². The Bertz CT molecular complexity index is 469. The maximum atomic E-state index is 12.1. The van der Waals surface area contributed by atoms with Crippen molar-refractivity contribution in [1.82, 2.24) is 5.32 Å². The quantitative estimate of drug-likeness (QED) is 0.689. The molecular formula is C13H19N3O2. The highest BCUT2D eigenvalue weighted by atomic mass is 16.2. The van der Waals surface area contributed by atoms with Crippen LogP contribution in [0.1, 0.15) is 29.8 Å². The van der Waals surface area contributed by atoms with Gasteiger partial charge in [0.15, 0.2) is 0 Å². The highest BCUT2D eigenvalue weighted by Gasteiger charge is 2.23. The molecule has 98 valence electrons. The van der Waals surface area contributed by atoms with Gasteiger partial charge in [-0.15, -0.1) is 0 Å². The zero-order valence-electron chi connectivity index (χ0n) is 10.9. The molecular weight excluding hydrogens is 230 g/mol. The molecule has 0 bridgehead atoms. The van der Waals surface area contributed by atoms with E-state index in [1.807, 2.05) is 13.8 Å². The normalized spacial score (nSPS) is 12.2. The largest absolute Gasteiger partial charge is 0.398 e. The third-order valence-corrected chi connectivity index (χ3v) is 2.88. The zero-order chi connectivity index (χ0) is 13.9. The first-order valence-corrected chi connectivity index (χ1v) is 5.79. The molecule has 1 unspecified atom stereocenters. The van der Waals surface area contributed by atoms with Crippen molar-refractivity contribution in [2.45, 2.75) is 26.8 Å². The Kier molecular flexibility index (Phi) is 4.31. The van der Waals surface area contributed by atoms with Gasteiger partial charge in [0.1, 0.15) is 6.04 Å². The van der Waals surface area contributed by atoms with Crippen molar-refractivity contribution in [1.29, 1.82) is 0 Å². The lowest BCUT2D eigenvalue weighted by Crippen LogP contribution is -2.47. The number of primary amides is 1. The highest BCUT2D eigenvalue weighted by molar-refractivity contribution is 5.99. The van der Waals surface area contributed by atoms with E-state index in [0.717, 1.165) is 0 Å². The summed E-state index contributed by atoms with van der Waals surface area (Å²) >= 11 is 0. The maximum Gasteiger partial charge on any atom is 0.252 e. The van der Waals surface area contributed by atoms with E-state index in [-0.39, 0.29) is 11.8 Å². The van der Waals surface area contributed by atoms with Gasteiger partial charge in [-0.1, -0.05) is 19.9 Å². The van der Waals surface area contributed by atoms with Crippen LogP contribution in [0.3, 0.4) is 0 Å². The molecule has 0 spiro atoms. The van der Waals surface area contributed by atoms with Crippen LogP contribution in [-0.2, 0) is 4.79 Å². The molecule has 0 aliphatic heterocycles. The molecule has 0 saturated carbocycles. The Morgan fingerprint density at radius 1 is 1.28 bits per heavy atom. The van der Waals surface area contributed by atoms with Crippen molar-refractivity contribution >= 4 is 17.5 Å². The fourth-order valence-corrected chi connectivity index (χ4v) is 1.68. The van der Waals surface area contributed by atoms with Crippen LogP contribution in [0.5, 0.6) is 0 Å². The standard InChI is InChI=1S/C13H19N3O2/c1-7(2)11(12(15)17)16-13(18)9-5-4-6-10(14)8(9)3/h4-7,11H,14H2,1-3H3,(H2,15,17)(H,16,18).